The number of benzene rings is 2. The van der Waals surface area contributed by atoms with Crippen molar-refractivity contribution in [1.29, 1.82) is 0 Å². The number of para-hydroxylation sites is 1. The number of nitrogens with zero attached hydrogens (tertiary/aromatic N) is 1. The number of anilines is 1. The average Bonchev–Trinajstić information content (AvgIpc) is 3.35. The molecule has 0 heterocycles. The number of nitrogens with one attached hydrogen (secondary N) is 1. The van der Waals surface area contributed by atoms with Crippen molar-refractivity contribution in [2.24, 2.45) is 5.73 Å². The molecule has 37 heavy (non-hydrogen) atoms. The highest BCUT2D eigenvalue weighted by molar-refractivity contribution is 7.93. The third-order valence-corrected chi connectivity index (χ3v) is 9.19. The van der Waals surface area contributed by atoms with Crippen molar-refractivity contribution in [3.8, 4) is 0 Å². The summed E-state index contributed by atoms with van der Waals surface area (Å²) in [5.74, 6) is 0. The Morgan fingerprint density at radius 3 is 2.38 bits per heavy atom. The lowest BCUT2D eigenvalue weighted by Gasteiger charge is -2.44. The van der Waals surface area contributed by atoms with E-state index in [1.807, 2.05) is 19.0 Å². The second kappa shape index (κ2) is 11.8. The van der Waals surface area contributed by atoms with Gasteiger partial charge in [-0.25, -0.2) is 13.2 Å². The van der Waals surface area contributed by atoms with Crippen molar-refractivity contribution in [2.45, 2.75) is 60.1 Å². The summed E-state index contributed by atoms with van der Waals surface area (Å²) in [6.07, 6.45) is 1.57. The minimum Gasteiger partial charge on any atom is -0.465 e. The van der Waals surface area contributed by atoms with Crippen LogP contribution in [-0.4, -0.2) is 73.6 Å². The van der Waals surface area contributed by atoms with Crippen LogP contribution in [0, 0.1) is 0 Å². The fraction of sp³-hybridized carbons (Fsp3) is 0.500. The lowest BCUT2D eigenvalue weighted by Crippen LogP contribution is -2.75. The van der Waals surface area contributed by atoms with E-state index >= 15 is 0 Å². The first kappa shape index (κ1) is 28.9. The first-order valence-corrected chi connectivity index (χ1v) is 13.8. The maximum atomic E-state index is 14.3. The third kappa shape index (κ3) is 6.42. The molecule has 0 aliphatic heterocycles. The number of amides is 1. The highest BCUT2D eigenvalue weighted by Crippen LogP contribution is 2.38. The van der Waals surface area contributed by atoms with Crippen LogP contribution in [0.1, 0.15) is 36.8 Å². The minimum absolute atomic E-state index is 0.0129. The Morgan fingerprint density at radius 1 is 1.14 bits per heavy atom. The summed E-state index contributed by atoms with van der Waals surface area (Å²) in [4.78, 5) is 10.6. The van der Waals surface area contributed by atoms with E-state index in [1.54, 1.807) is 42.5 Å². The zero-order valence-corrected chi connectivity index (χ0v) is 22.2. The molecule has 10 nitrogen and oxygen atoms in total. The molecule has 2 atom stereocenters. The number of rotatable bonds is 12. The van der Waals surface area contributed by atoms with Crippen molar-refractivity contribution in [1.82, 2.24) is 10.2 Å². The van der Waals surface area contributed by atoms with E-state index in [1.165, 1.54) is 6.07 Å². The molecule has 7 N–H and O–H groups in total. The Kier molecular flexibility index (Phi) is 9.19. The first-order chi connectivity index (χ1) is 17.4. The van der Waals surface area contributed by atoms with Gasteiger partial charge in [0, 0.05) is 13.0 Å². The molecule has 3 rings (SSSR count). The van der Waals surface area contributed by atoms with E-state index in [0.29, 0.717) is 36.9 Å². The number of likely N-dealkylation sites (N-methyl/N-ethyl adjacent to an activating group) is 1. The van der Waals surface area contributed by atoms with Crippen LogP contribution in [0.5, 0.6) is 0 Å². The van der Waals surface area contributed by atoms with E-state index < -0.39 is 33.1 Å². The van der Waals surface area contributed by atoms with Gasteiger partial charge in [0.1, 0.15) is 5.66 Å². The Bertz CT molecular complexity index is 1170. The van der Waals surface area contributed by atoms with Crippen molar-refractivity contribution < 1.29 is 28.2 Å². The summed E-state index contributed by atoms with van der Waals surface area (Å²) in [6.45, 7) is -0.108. The van der Waals surface area contributed by atoms with Crippen molar-refractivity contribution in [3.63, 3.8) is 0 Å². The van der Waals surface area contributed by atoms with Gasteiger partial charge in [0.05, 0.1) is 23.3 Å². The Hall–Kier alpha value is -2.70. The largest absolute Gasteiger partial charge is 0.465 e. The number of carbonyl (C=O) groups is 1. The normalized spacial score (nSPS) is 17.9. The first-order valence-electron chi connectivity index (χ1n) is 12.3. The molecule has 1 saturated carbocycles. The summed E-state index contributed by atoms with van der Waals surface area (Å²) in [7, 11) is -0.989. The van der Waals surface area contributed by atoms with Gasteiger partial charge in [-0.05, 0) is 50.6 Å². The number of nitrogens with two attached hydrogens (primary N) is 2. The standard InChI is InChI=1S/C26H38N4O6S/c1-30(2)16-15-20-11-8-14-22(23(20)27)37(34,35)26(33,18-36-21-12-6-7-13-21)25(28,29-24(31)32)17-19-9-4-3-5-10-19/h3-5,8-11,14,21,29,33H,6-7,12-13,15-18,27-28H2,1-2H3,(H,31,32)/t25-,26-/m0/s1. The summed E-state index contributed by atoms with van der Waals surface area (Å²) >= 11 is 0. The summed E-state index contributed by atoms with van der Waals surface area (Å²) in [6, 6.07) is 13.1. The molecule has 1 aliphatic rings. The Balaban J connectivity index is 2.14. The van der Waals surface area contributed by atoms with Gasteiger partial charge in [-0.3, -0.25) is 5.32 Å². The van der Waals surface area contributed by atoms with Gasteiger partial charge in [0.2, 0.25) is 14.8 Å². The molecule has 1 amide bonds. The molecule has 0 radical (unpaired) electrons. The zero-order valence-electron chi connectivity index (χ0n) is 21.4. The summed E-state index contributed by atoms with van der Waals surface area (Å²) in [5.41, 5.74) is 11.6. The minimum atomic E-state index is -4.77. The van der Waals surface area contributed by atoms with Gasteiger partial charge in [-0.15, -0.1) is 0 Å². The van der Waals surface area contributed by atoms with Crippen molar-refractivity contribution in [2.75, 3.05) is 33.0 Å². The molecular weight excluding hydrogens is 496 g/mol. The molecule has 1 aliphatic carbocycles. The fourth-order valence-corrected chi connectivity index (χ4v) is 6.56. The van der Waals surface area contributed by atoms with Crippen LogP contribution in [0.15, 0.2) is 53.4 Å². The number of sulfone groups is 1. The molecular formula is C26H38N4O6S. The molecule has 0 saturated heterocycles. The molecule has 204 valence electrons. The topological polar surface area (TPSA) is 168 Å². The second-order valence-electron chi connectivity index (χ2n) is 9.95. The monoisotopic (exact) mass is 534 g/mol. The zero-order chi connectivity index (χ0) is 27.3. The van der Waals surface area contributed by atoms with Crippen molar-refractivity contribution >= 4 is 21.6 Å². The number of nitrogen functional groups attached to an aromatic ring is 1. The van der Waals surface area contributed by atoms with Gasteiger partial charge < -0.3 is 31.3 Å². The second-order valence-corrected chi connectivity index (χ2v) is 12.1. The van der Waals surface area contributed by atoms with Gasteiger partial charge in [-0.2, -0.15) is 0 Å². The molecule has 2 aromatic carbocycles. The fourth-order valence-electron chi connectivity index (χ4n) is 4.69. The van der Waals surface area contributed by atoms with Crippen LogP contribution in [-0.2, 0) is 27.4 Å². The average molecular weight is 535 g/mol. The predicted octanol–water partition coefficient (Wildman–Crippen LogP) is 1.96. The van der Waals surface area contributed by atoms with E-state index in [2.05, 4.69) is 5.32 Å². The van der Waals surface area contributed by atoms with Crippen LogP contribution in [0.2, 0.25) is 0 Å². The van der Waals surface area contributed by atoms with E-state index in [0.717, 1.165) is 12.8 Å². The lowest BCUT2D eigenvalue weighted by atomic mass is 9.94. The SMILES string of the molecule is CN(C)CCc1cccc(S(=O)(=O)[C@@](O)(COC2CCCC2)[C@](N)(Cc2ccccc2)NC(=O)O)c1N. The molecule has 0 bridgehead atoms. The number of ether oxygens (including phenoxy) is 1. The predicted molar refractivity (Wildman–Crippen MR) is 142 cm³/mol. The Morgan fingerprint density at radius 2 is 1.78 bits per heavy atom. The van der Waals surface area contributed by atoms with Crippen LogP contribution >= 0.6 is 0 Å². The third-order valence-electron chi connectivity index (χ3n) is 6.89. The van der Waals surface area contributed by atoms with Crippen LogP contribution in [0.4, 0.5) is 10.5 Å². The number of hydrogen-bond acceptors (Lipinski definition) is 8. The van der Waals surface area contributed by atoms with E-state index in [-0.39, 0.29) is 23.1 Å². The quantitative estimate of drug-likeness (QED) is 0.202. The van der Waals surface area contributed by atoms with Gasteiger partial charge in [0.25, 0.3) is 0 Å². The molecule has 0 aromatic heterocycles. The molecule has 0 spiro atoms. The highest BCUT2D eigenvalue weighted by Gasteiger charge is 2.60. The highest BCUT2D eigenvalue weighted by atomic mass is 32.2. The van der Waals surface area contributed by atoms with Crippen LogP contribution in [0.3, 0.4) is 0 Å². The van der Waals surface area contributed by atoms with E-state index in [4.69, 9.17) is 16.2 Å². The maximum Gasteiger partial charge on any atom is 0.406 e. The lowest BCUT2D eigenvalue weighted by molar-refractivity contribution is -0.0695. The maximum absolute atomic E-state index is 14.3. The summed E-state index contributed by atoms with van der Waals surface area (Å²) in [5, 5.41) is 23.9. The molecule has 2 aromatic rings. The van der Waals surface area contributed by atoms with Crippen molar-refractivity contribution in [3.05, 3.63) is 59.7 Å². The van der Waals surface area contributed by atoms with Gasteiger partial charge >= 0.3 is 6.09 Å². The van der Waals surface area contributed by atoms with Crippen LogP contribution in [0.25, 0.3) is 0 Å². The number of aliphatic hydroxyl groups is 1. The van der Waals surface area contributed by atoms with Crippen LogP contribution < -0.4 is 16.8 Å². The summed E-state index contributed by atoms with van der Waals surface area (Å²) < 4.78 is 34.4. The number of hydrogen-bond donors (Lipinski definition) is 5. The van der Waals surface area contributed by atoms with Gasteiger partial charge in [0.15, 0.2) is 0 Å². The Labute approximate surface area is 218 Å². The molecule has 11 heteroatoms. The van der Waals surface area contributed by atoms with Gasteiger partial charge in [-0.1, -0.05) is 55.3 Å². The molecule has 1 fully saturated rings. The van der Waals surface area contributed by atoms with E-state index in [9.17, 15) is 23.4 Å². The molecule has 0 unspecified atom stereocenters. The number of carboxylic acid groups (broad SMARTS) is 1. The smallest absolute Gasteiger partial charge is 0.406 e.